The van der Waals surface area contributed by atoms with Crippen LogP contribution < -0.4 is 5.32 Å². The van der Waals surface area contributed by atoms with Crippen LogP contribution in [0.15, 0.2) is 43.1 Å². The van der Waals surface area contributed by atoms with E-state index in [4.69, 9.17) is 0 Å². The Morgan fingerprint density at radius 1 is 1.00 bits per heavy atom. The monoisotopic (exact) mass is 423 g/mol. The molecule has 0 saturated carbocycles. The molecule has 1 N–H and O–H groups in total. The molecule has 1 heterocycles. The summed E-state index contributed by atoms with van der Waals surface area (Å²) in [5, 5.41) is 5.49. The Labute approximate surface area is 124 Å². The van der Waals surface area contributed by atoms with Crippen molar-refractivity contribution in [3.8, 4) is 0 Å². The maximum absolute atomic E-state index is 3.53. The third-order valence-corrected chi connectivity index (χ3v) is 5.33. The summed E-state index contributed by atoms with van der Waals surface area (Å²) < 4.78 is 3.29. The fourth-order valence-corrected chi connectivity index (χ4v) is 4.00. The van der Waals surface area contributed by atoms with Crippen LogP contribution in [0.25, 0.3) is 0 Å². The quantitative estimate of drug-likeness (QED) is 0.670. The molecule has 2 rings (SSSR count). The van der Waals surface area contributed by atoms with Crippen molar-refractivity contribution in [3.63, 3.8) is 0 Å². The molecule has 0 aliphatic heterocycles. The summed E-state index contributed by atoms with van der Waals surface area (Å²) in [4.78, 5) is 1.29. The molecule has 1 aromatic carbocycles. The first-order valence-electron chi connectivity index (χ1n) is 4.58. The molecule has 0 radical (unpaired) electrons. The lowest BCUT2D eigenvalue weighted by atomic mass is 10.3. The highest BCUT2D eigenvalue weighted by atomic mass is 79.9. The third-order valence-electron chi connectivity index (χ3n) is 2.08. The maximum Gasteiger partial charge on any atom is 0.0631 e. The first-order chi connectivity index (χ1) is 7.68. The molecule has 0 amide bonds. The van der Waals surface area contributed by atoms with E-state index in [1.165, 1.54) is 4.88 Å². The van der Waals surface area contributed by atoms with Crippen LogP contribution in [0.2, 0.25) is 0 Å². The molecule has 0 aliphatic rings. The van der Waals surface area contributed by atoms with Crippen LogP contribution in [-0.2, 0) is 6.54 Å². The van der Waals surface area contributed by atoms with E-state index in [-0.39, 0.29) is 0 Å². The molecule has 0 spiro atoms. The minimum absolute atomic E-state index is 0.819. The Hall–Kier alpha value is 0.160. The Morgan fingerprint density at radius 2 is 1.69 bits per heavy atom. The van der Waals surface area contributed by atoms with Crippen molar-refractivity contribution in [2.75, 3.05) is 5.32 Å². The molecule has 84 valence electrons. The Balaban J connectivity index is 2.14. The van der Waals surface area contributed by atoms with Gasteiger partial charge >= 0.3 is 0 Å². The number of hydrogen-bond donors (Lipinski definition) is 1. The van der Waals surface area contributed by atoms with Crippen LogP contribution in [-0.4, -0.2) is 0 Å². The molecular formula is C11H8Br3NS. The van der Waals surface area contributed by atoms with Crippen molar-refractivity contribution in [2.45, 2.75) is 6.54 Å². The van der Waals surface area contributed by atoms with Crippen molar-refractivity contribution in [1.29, 1.82) is 0 Å². The average Bonchev–Trinajstić information content (AvgIpc) is 2.64. The predicted octanol–water partition coefficient (Wildman–Crippen LogP) is 5.65. The van der Waals surface area contributed by atoms with Crippen molar-refractivity contribution >= 4 is 64.8 Å². The number of benzene rings is 1. The van der Waals surface area contributed by atoms with Gasteiger partial charge in [0.25, 0.3) is 0 Å². The first kappa shape index (κ1) is 12.6. The van der Waals surface area contributed by atoms with Crippen LogP contribution in [0, 0.1) is 0 Å². The van der Waals surface area contributed by atoms with Crippen molar-refractivity contribution in [3.05, 3.63) is 47.9 Å². The lowest BCUT2D eigenvalue weighted by Gasteiger charge is -2.09. The third kappa shape index (κ3) is 2.88. The minimum atomic E-state index is 0.819. The zero-order chi connectivity index (χ0) is 11.5. The van der Waals surface area contributed by atoms with E-state index >= 15 is 0 Å². The Kier molecular flexibility index (Phi) is 4.47. The molecular weight excluding hydrogens is 418 g/mol. The number of thiophene rings is 1. The normalized spacial score (nSPS) is 10.4. The highest BCUT2D eigenvalue weighted by molar-refractivity contribution is 9.11. The number of hydrogen-bond acceptors (Lipinski definition) is 2. The number of anilines is 1. The smallest absolute Gasteiger partial charge is 0.0631 e. The largest absolute Gasteiger partial charge is 0.378 e. The standard InChI is InChI=1S/C11H8Br3NS/c12-7-4-5-16-10(7)6-15-11-8(13)2-1-3-9(11)14/h1-5,15H,6H2. The maximum atomic E-state index is 3.53. The van der Waals surface area contributed by atoms with E-state index in [1.54, 1.807) is 11.3 Å². The molecule has 0 unspecified atom stereocenters. The molecule has 1 nitrogen and oxygen atoms in total. The Bertz CT molecular complexity index is 475. The second-order valence-electron chi connectivity index (χ2n) is 3.14. The molecule has 0 fully saturated rings. The van der Waals surface area contributed by atoms with Crippen LogP contribution in [0.3, 0.4) is 0 Å². The van der Waals surface area contributed by atoms with Gasteiger partial charge in [0, 0.05) is 18.3 Å². The zero-order valence-corrected chi connectivity index (χ0v) is 13.7. The second kappa shape index (κ2) is 5.67. The van der Waals surface area contributed by atoms with E-state index in [9.17, 15) is 0 Å². The molecule has 0 bridgehead atoms. The van der Waals surface area contributed by atoms with Gasteiger partial charge in [-0.3, -0.25) is 0 Å². The highest BCUT2D eigenvalue weighted by Gasteiger charge is 2.06. The van der Waals surface area contributed by atoms with E-state index in [1.807, 2.05) is 18.2 Å². The molecule has 16 heavy (non-hydrogen) atoms. The predicted molar refractivity (Wildman–Crippen MR) is 81.2 cm³/mol. The Morgan fingerprint density at radius 3 is 2.25 bits per heavy atom. The summed E-state index contributed by atoms with van der Waals surface area (Å²) in [6.45, 7) is 0.819. The van der Waals surface area contributed by atoms with Gasteiger partial charge in [-0.15, -0.1) is 11.3 Å². The molecule has 0 atom stereocenters. The summed E-state index contributed by atoms with van der Waals surface area (Å²) in [6.07, 6.45) is 0. The van der Waals surface area contributed by atoms with Gasteiger partial charge < -0.3 is 5.32 Å². The summed E-state index contributed by atoms with van der Waals surface area (Å²) in [5.41, 5.74) is 1.09. The molecule has 0 aliphatic carbocycles. The van der Waals surface area contributed by atoms with Gasteiger partial charge in [0.15, 0.2) is 0 Å². The summed E-state index contributed by atoms with van der Waals surface area (Å²) in [6, 6.07) is 8.12. The molecule has 5 heteroatoms. The first-order valence-corrected chi connectivity index (χ1v) is 7.84. The van der Waals surface area contributed by atoms with E-state index in [0.717, 1.165) is 25.7 Å². The summed E-state index contributed by atoms with van der Waals surface area (Å²) in [5.74, 6) is 0. The minimum Gasteiger partial charge on any atom is -0.378 e. The lowest BCUT2D eigenvalue weighted by molar-refractivity contribution is 1.17. The van der Waals surface area contributed by atoms with Gasteiger partial charge in [-0.1, -0.05) is 6.07 Å². The average molecular weight is 426 g/mol. The number of para-hydroxylation sites is 1. The van der Waals surface area contributed by atoms with E-state index in [0.29, 0.717) is 0 Å². The van der Waals surface area contributed by atoms with Crippen LogP contribution in [0.5, 0.6) is 0 Å². The van der Waals surface area contributed by atoms with Crippen LogP contribution in [0.4, 0.5) is 5.69 Å². The fourth-order valence-electron chi connectivity index (χ4n) is 1.29. The SMILES string of the molecule is Brc1ccsc1CNc1c(Br)cccc1Br. The molecule has 2 aromatic rings. The van der Waals surface area contributed by atoms with Gasteiger partial charge in [0.1, 0.15) is 0 Å². The van der Waals surface area contributed by atoms with Gasteiger partial charge in [0.05, 0.1) is 12.2 Å². The number of rotatable bonds is 3. The van der Waals surface area contributed by atoms with Gasteiger partial charge in [-0.05, 0) is 71.4 Å². The summed E-state index contributed by atoms with van der Waals surface area (Å²) in [7, 11) is 0. The van der Waals surface area contributed by atoms with Crippen molar-refractivity contribution in [2.24, 2.45) is 0 Å². The van der Waals surface area contributed by atoms with Gasteiger partial charge in [-0.25, -0.2) is 0 Å². The zero-order valence-electron chi connectivity index (χ0n) is 8.14. The van der Waals surface area contributed by atoms with Crippen LogP contribution in [0.1, 0.15) is 4.88 Å². The highest BCUT2D eigenvalue weighted by Crippen LogP contribution is 2.32. The van der Waals surface area contributed by atoms with Crippen molar-refractivity contribution in [1.82, 2.24) is 0 Å². The topological polar surface area (TPSA) is 12.0 Å². The number of halogens is 3. The molecule has 0 saturated heterocycles. The van der Waals surface area contributed by atoms with E-state index in [2.05, 4.69) is 64.6 Å². The van der Waals surface area contributed by atoms with E-state index < -0.39 is 0 Å². The van der Waals surface area contributed by atoms with Gasteiger partial charge in [-0.2, -0.15) is 0 Å². The molecule has 1 aromatic heterocycles. The fraction of sp³-hybridized carbons (Fsp3) is 0.0909. The lowest BCUT2D eigenvalue weighted by Crippen LogP contribution is -1.99. The van der Waals surface area contributed by atoms with Crippen LogP contribution >= 0.6 is 59.1 Å². The second-order valence-corrected chi connectivity index (χ2v) is 6.71. The van der Waals surface area contributed by atoms with Crippen molar-refractivity contribution < 1.29 is 0 Å². The number of nitrogens with one attached hydrogen (secondary N) is 1. The van der Waals surface area contributed by atoms with Gasteiger partial charge in [0.2, 0.25) is 0 Å². The summed E-state index contributed by atoms with van der Waals surface area (Å²) >= 11 is 12.3.